The van der Waals surface area contributed by atoms with Crippen molar-refractivity contribution in [1.82, 2.24) is 4.90 Å². The van der Waals surface area contributed by atoms with Crippen LogP contribution in [-0.2, 0) is 9.59 Å². The maximum atomic E-state index is 12.0. The molecule has 2 amide bonds. The molecule has 0 aromatic heterocycles. The molecular weight excluding hydrogens is 266 g/mol. The van der Waals surface area contributed by atoms with Crippen LogP contribution >= 0.6 is 0 Å². The van der Waals surface area contributed by atoms with E-state index in [0.717, 1.165) is 5.69 Å². The molecule has 0 atom stereocenters. The SMILES string of the molecule is CC(C)c1ccc(N2CC(=O)N(CCC#N)C(=O)C2)cc1. The smallest absolute Gasteiger partial charge is 0.248 e. The topological polar surface area (TPSA) is 64.4 Å². The monoisotopic (exact) mass is 285 g/mol. The predicted molar refractivity (Wildman–Crippen MR) is 79.7 cm³/mol. The largest absolute Gasteiger partial charge is 0.353 e. The number of nitrogens with zero attached hydrogens (tertiary/aromatic N) is 3. The highest BCUT2D eigenvalue weighted by atomic mass is 16.2. The number of hydrogen-bond acceptors (Lipinski definition) is 4. The predicted octanol–water partition coefficient (Wildman–Crippen LogP) is 1.90. The fourth-order valence-electron chi connectivity index (χ4n) is 2.36. The van der Waals surface area contributed by atoms with Crippen LogP contribution in [0.1, 0.15) is 31.7 Å². The summed E-state index contributed by atoms with van der Waals surface area (Å²) in [5, 5.41) is 8.56. The molecule has 1 aliphatic rings. The molecule has 2 rings (SSSR count). The third-order valence-corrected chi connectivity index (χ3v) is 3.63. The van der Waals surface area contributed by atoms with E-state index in [-0.39, 0.29) is 37.9 Å². The molecule has 1 heterocycles. The summed E-state index contributed by atoms with van der Waals surface area (Å²) in [7, 11) is 0. The van der Waals surface area contributed by atoms with Gasteiger partial charge in [0.2, 0.25) is 11.8 Å². The molecule has 0 aliphatic carbocycles. The van der Waals surface area contributed by atoms with Crippen LogP contribution in [0, 0.1) is 11.3 Å². The number of anilines is 1. The van der Waals surface area contributed by atoms with Crippen molar-refractivity contribution in [3.63, 3.8) is 0 Å². The number of carbonyl (C=O) groups excluding carboxylic acids is 2. The molecular formula is C16H19N3O2. The highest BCUT2D eigenvalue weighted by Crippen LogP contribution is 2.21. The maximum Gasteiger partial charge on any atom is 0.248 e. The van der Waals surface area contributed by atoms with Gasteiger partial charge in [0.05, 0.1) is 25.6 Å². The lowest BCUT2D eigenvalue weighted by atomic mass is 10.0. The summed E-state index contributed by atoms with van der Waals surface area (Å²) in [5.41, 5.74) is 2.10. The lowest BCUT2D eigenvalue weighted by Crippen LogP contribution is -2.54. The molecule has 0 spiro atoms. The average Bonchev–Trinajstić information content (AvgIpc) is 2.46. The first kappa shape index (κ1) is 15.0. The first-order chi connectivity index (χ1) is 10.0. The van der Waals surface area contributed by atoms with Gasteiger partial charge >= 0.3 is 0 Å². The van der Waals surface area contributed by atoms with Crippen LogP contribution in [0.15, 0.2) is 24.3 Å². The molecule has 0 bridgehead atoms. The summed E-state index contributed by atoms with van der Waals surface area (Å²) < 4.78 is 0. The number of rotatable bonds is 4. The number of amides is 2. The van der Waals surface area contributed by atoms with E-state index in [1.54, 1.807) is 4.90 Å². The molecule has 5 heteroatoms. The van der Waals surface area contributed by atoms with E-state index in [9.17, 15) is 9.59 Å². The van der Waals surface area contributed by atoms with Gasteiger partial charge in [0, 0.05) is 12.2 Å². The zero-order chi connectivity index (χ0) is 15.4. The van der Waals surface area contributed by atoms with Gasteiger partial charge in [0.25, 0.3) is 0 Å². The molecule has 0 unspecified atom stereocenters. The Hall–Kier alpha value is -2.35. The highest BCUT2D eigenvalue weighted by Gasteiger charge is 2.30. The van der Waals surface area contributed by atoms with E-state index < -0.39 is 0 Å². The zero-order valence-corrected chi connectivity index (χ0v) is 12.4. The van der Waals surface area contributed by atoms with Gasteiger partial charge in [-0.3, -0.25) is 14.5 Å². The number of benzene rings is 1. The van der Waals surface area contributed by atoms with Gasteiger partial charge in [0.15, 0.2) is 0 Å². The maximum absolute atomic E-state index is 12.0. The van der Waals surface area contributed by atoms with Gasteiger partial charge in [-0.05, 0) is 23.6 Å². The Kier molecular flexibility index (Phi) is 4.59. The first-order valence-corrected chi connectivity index (χ1v) is 7.08. The second-order valence-electron chi connectivity index (χ2n) is 5.45. The molecule has 0 radical (unpaired) electrons. The Morgan fingerprint density at radius 3 is 2.19 bits per heavy atom. The minimum Gasteiger partial charge on any atom is -0.353 e. The van der Waals surface area contributed by atoms with Crippen molar-refractivity contribution in [3.8, 4) is 6.07 Å². The summed E-state index contributed by atoms with van der Waals surface area (Å²) in [4.78, 5) is 27.0. The standard InChI is InChI=1S/C16H19N3O2/c1-12(2)13-4-6-14(7-5-13)18-10-15(20)19(9-3-8-17)16(21)11-18/h4-7,12H,3,9-11H2,1-2H3. The van der Waals surface area contributed by atoms with Crippen molar-refractivity contribution >= 4 is 17.5 Å². The third kappa shape index (κ3) is 3.40. The minimum absolute atomic E-state index is 0.179. The van der Waals surface area contributed by atoms with Gasteiger partial charge < -0.3 is 4.90 Å². The Morgan fingerprint density at radius 2 is 1.71 bits per heavy atom. The van der Waals surface area contributed by atoms with Crippen LogP contribution in [0.3, 0.4) is 0 Å². The Morgan fingerprint density at radius 1 is 1.14 bits per heavy atom. The van der Waals surface area contributed by atoms with Crippen LogP contribution in [0.5, 0.6) is 0 Å². The van der Waals surface area contributed by atoms with Crippen molar-refractivity contribution in [2.45, 2.75) is 26.2 Å². The molecule has 1 aromatic carbocycles. The second-order valence-corrected chi connectivity index (χ2v) is 5.45. The van der Waals surface area contributed by atoms with Gasteiger partial charge in [0.1, 0.15) is 0 Å². The molecule has 0 N–H and O–H groups in total. The summed E-state index contributed by atoms with van der Waals surface area (Å²) in [5.74, 6) is -0.0333. The van der Waals surface area contributed by atoms with Gasteiger partial charge in [-0.1, -0.05) is 26.0 Å². The van der Waals surface area contributed by atoms with E-state index in [2.05, 4.69) is 13.8 Å². The summed E-state index contributed by atoms with van der Waals surface area (Å²) in [6.07, 6.45) is 0.181. The zero-order valence-electron chi connectivity index (χ0n) is 12.4. The quantitative estimate of drug-likeness (QED) is 0.793. The fraction of sp³-hybridized carbons (Fsp3) is 0.438. The molecule has 1 fully saturated rings. The van der Waals surface area contributed by atoms with E-state index in [4.69, 9.17) is 5.26 Å². The fourth-order valence-corrected chi connectivity index (χ4v) is 2.36. The van der Waals surface area contributed by atoms with E-state index in [1.807, 2.05) is 30.3 Å². The van der Waals surface area contributed by atoms with Crippen LogP contribution in [0.4, 0.5) is 5.69 Å². The van der Waals surface area contributed by atoms with E-state index in [1.165, 1.54) is 10.5 Å². The van der Waals surface area contributed by atoms with E-state index in [0.29, 0.717) is 5.92 Å². The first-order valence-electron chi connectivity index (χ1n) is 7.08. The average molecular weight is 285 g/mol. The Bertz CT molecular complexity index is 554. The number of carbonyl (C=O) groups is 2. The molecule has 110 valence electrons. The summed E-state index contributed by atoms with van der Waals surface area (Å²) in [6, 6.07) is 9.90. The second kappa shape index (κ2) is 6.40. The number of hydrogen-bond donors (Lipinski definition) is 0. The summed E-state index contributed by atoms with van der Waals surface area (Å²) >= 11 is 0. The highest BCUT2D eigenvalue weighted by molar-refractivity contribution is 6.02. The lowest BCUT2D eigenvalue weighted by molar-refractivity contribution is -0.145. The van der Waals surface area contributed by atoms with Crippen molar-refractivity contribution in [3.05, 3.63) is 29.8 Å². The van der Waals surface area contributed by atoms with Crippen molar-refractivity contribution in [2.75, 3.05) is 24.5 Å². The normalized spacial score (nSPS) is 15.5. The Labute approximate surface area is 124 Å². The van der Waals surface area contributed by atoms with Crippen molar-refractivity contribution in [2.24, 2.45) is 0 Å². The van der Waals surface area contributed by atoms with Gasteiger partial charge in [-0.15, -0.1) is 0 Å². The van der Waals surface area contributed by atoms with Crippen molar-refractivity contribution < 1.29 is 9.59 Å². The number of imide groups is 1. The van der Waals surface area contributed by atoms with Gasteiger partial charge in [-0.2, -0.15) is 5.26 Å². The Balaban J connectivity index is 2.08. The van der Waals surface area contributed by atoms with Gasteiger partial charge in [-0.25, -0.2) is 0 Å². The molecule has 1 saturated heterocycles. The van der Waals surface area contributed by atoms with Crippen LogP contribution < -0.4 is 4.90 Å². The van der Waals surface area contributed by atoms with Crippen LogP contribution in [0.25, 0.3) is 0 Å². The molecule has 21 heavy (non-hydrogen) atoms. The minimum atomic E-state index is -0.241. The number of nitriles is 1. The molecule has 1 aromatic rings. The lowest BCUT2D eigenvalue weighted by Gasteiger charge is -2.33. The molecule has 1 aliphatic heterocycles. The van der Waals surface area contributed by atoms with Crippen LogP contribution in [0.2, 0.25) is 0 Å². The molecule has 5 nitrogen and oxygen atoms in total. The summed E-state index contributed by atoms with van der Waals surface area (Å²) in [6.45, 7) is 4.79. The molecule has 0 saturated carbocycles. The van der Waals surface area contributed by atoms with Crippen LogP contribution in [-0.4, -0.2) is 36.3 Å². The number of piperazine rings is 1. The van der Waals surface area contributed by atoms with Crippen molar-refractivity contribution in [1.29, 1.82) is 5.26 Å². The van der Waals surface area contributed by atoms with E-state index >= 15 is 0 Å². The third-order valence-electron chi connectivity index (χ3n) is 3.63.